The summed E-state index contributed by atoms with van der Waals surface area (Å²) < 4.78 is 0. The SMILES string of the molecule is CSc1nc2c(c(=O)[nH]1)C(c1ccc(C#N)cc1)C1=C(CCCC1=O)N2. The standard InChI is InChI=1S/C19H16N4O2S/c1-26-19-22-17-16(18(25)23-19)14(11-7-5-10(9-20)6-8-11)15-12(21-17)3-2-4-13(15)24/h5-8,14H,2-4H2,1H3,(H2,21,22,23,25). The summed E-state index contributed by atoms with van der Waals surface area (Å²) in [7, 11) is 0. The first-order valence-corrected chi connectivity index (χ1v) is 9.56. The Bertz CT molecular complexity index is 1030. The molecule has 0 radical (unpaired) electrons. The lowest BCUT2D eigenvalue weighted by molar-refractivity contribution is -0.116. The normalized spacial score (nSPS) is 18.6. The number of aromatic nitrogens is 2. The highest BCUT2D eigenvalue weighted by molar-refractivity contribution is 7.98. The molecule has 2 aromatic rings. The molecule has 1 aromatic carbocycles. The second-order valence-electron chi connectivity index (χ2n) is 6.30. The minimum absolute atomic E-state index is 0.0621. The van der Waals surface area contributed by atoms with E-state index in [4.69, 9.17) is 5.26 Å². The van der Waals surface area contributed by atoms with Crippen molar-refractivity contribution in [3.05, 3.63) is 62.6 Å². The van der Waals surface area contributed by atoms with Crippen molar-refractivity contribution in [2.45, 2.75) is 30.3 Å². The van der Waals surface area contributed by atoms with Gasteiger partial charge in [-0.05, 0) is 36.8 Å². The summed E-state index contributed by atoms with van der Waals surface area (Å²) in [6, 6.07) is 9.14. The molecule has 2 aliphatic rings. The Kier molecular flexibility index (Phi) is 4.13. The summed E-state index contributed by atoms with van der Waals surface area (Å²) in [5, 5.41) is 12.8. The molecule has 2 N–H and O–H groups in total. The van der Waals surface area contributed by atoms with E-state index in [1.807, 2.05) is 18.4 Å². The second-order valence-corrected chi connectivity index (χ2v) is 7.09. The summed E-state index contributed by atoms with van der Waals surface area (Å²) >= 11 is 1.36. The van der Waals surface area contributed by atoms with Gasteiger partial charge in [-0.3, -0.25) is 9.59 Å². The van der Waals surface area contributed by atoms with Crippen molar-refractivity contribution < 1.29 is 4.79 Å². The number of fused-ring (bicyclic) bond motifs is 1. The van der Waals surface area contributed by atoms with Crippen molar-refractivity contribution in [1.29, 1.82) is 5.26 Å². The van der Waals surface area contributed by atoms with Crippen LogP contribution in [0.15, 0.2) is 45.5 Å². The number of Topliss-reactive ketones (excluding diaryl/α,β-unsaturated/α-hetero) is 1. The van der Waals surface area contributed by atoms with E-state index in [1.165, 1.54) is 11.8 Å². The fraction of sp³-hybridized carbons (Fsp3) is 0.263. The molecule has 7 heteroatoms. The number of carbonyl (C=O) groups excluding carboxylic acids is 1. The van der Waals surface area contributed by atoms with Gasteiger partial charge in [-0.15, -0.1) is 0 Å². The van der Waals surface area contributed by atoms with Crippen molar-refractivity contribution >= 4 is 23.4 Å². The Morgan fingerprint density at radius 1 is 1.23 bits per heavy atom. The first-order chi connectivity index (χ1) is 12.6. The minimum atomic E-state index is -0.464. The van der Waals surface area contributed by atoms with Crippen molar-refractivity contribution in [1.82, 2.24) is 9.97 Å². The lowest BCUT2D eigenvalue weighted by Gasteiger charge is -2.32. The Labute approximate surface area is 154 Å². The van der Waals surface area contributed by atoms with Crippen molar-refractivity contribution in [2.24, 2.45) is 0 Å². The summed E-state index contributed by atoms with van der Waals surface area (Å²) in [4.78, 5) is 32.8. The van der Waals surface area contributed by atoms with Gasteiger partial charge >= 0.3 is 0 Å². The average Bonchev–Trinajstić information content (AvgIpc) is 2.66. The molecule has 1 unspecified atom stereocenters. The third-order valence-electron chi connectivity index (χ3n) is 4.80. The summed E-state index contributed by atoms with van der Waals surface area (Å²) in [5.41, 5.74) is 3.08. The fourth-order valence-electron chi connectivity index (χ4n) is 3.62. The minimum Gasteiger partial charge on any atom is -0.343 e. The zero-order valence-electron chi connectivity index (χ0n) is 14.1. The average molecular weight is 364 g/mol. The molecule has 4 rings (SSSR count). The number of H-pyrrole nitrogens is 1. The monoisotopic (exact) mass is 364 g/mol. The first kappa shape index (κ1) is 16.6. The Morgan fingerprint density at radius 3 is 2.69 bits per heavy atom. The quantitative estimate of drug-likeness (QED) is 0.628. The van der Waals surface area contributed by atoms with E-state index in [9.17, 15) is 9.59 Å². The topological polar surface area (TPSA) is 98.6 Å². The van der Waals surface area contributed by atoms with Gasteiger partial charge in [0, 0.05) is 23.6 Å². The number of hydrogen-bond donors (Lipinski definition) is 2. The Balaban J connectivity index is 1.96. The molecule has 1 aliphatic carbocycles. The number of nitrogens with zero attached hydrogens (tertiary/aromatic N) is 2. The maximum atomic E-state index is 12.8. The van der Waals surface area contributed by atoms with Crippen LogP contribution in [-0.2, 0) is 4.79 Å². The van der Waals surface area contributed by atoms with E-state index >= 15 is 0 Å². The maximum absolute atomic E-state index is 12.8. The predicted octanol–water partition coefficient (Wildman–Crippen LogP) is 2.93. The Morgan fingerprint density at radius 2 is 2.00 bits per heavy atom. The van der Waals surface area contributed by atoms with Crippen LogP contribution in [0.4, 0.5) is 5.82 Å². The molecule has 26 heavy (non-hydrogen) atoms. The molecule has 0 saturated heterocycles. The molecule has 1 aliphatic heterocycles. The molecule has 6 nitrogen and oxygen atoms in total. The van der Waals surface area contributed by atoms with Gasteiger partial charge in [0.1, 0.15) is 5.82 Å². The van der Waals surface area contributed by atoms with Crippen LogP contribution in [0, 0.1) is 11.3 Å². The molecule has 0 fully saturated rings. The van der Waals surface area contributed by atoms with Gasteiger partial charge < -0.3 is 10.3 Å². The van der Waals surface area contributed by atoms with E-state index in [0.29, 0.717) is 34.1 Å². The van der Waals surface area contributed by atoms with E-state index in [1.54, 1.807) is 12.1 Å². The highest BCUT2D eigenvalue weighted by Crippen LogP contribution is 2.43. The molecule has 0 spiro atoms. The van der Waals surface area contributed by atoms with E-state index in [2.05, 4.69) is 21.4 Å². The zero-order valence-corrected chi connectivity index (χ0v) is 14.9. The number of ketones is 1. The smallest absolute Gasteiger partial charge is 0.257 e. The van der Waals surface area contributed by atoms with Crippen LogP contribution in [0.3, 0.4) is 0 Å². The third kappa shape index (κ3) is 2.63. The molecule has 2 heterocycles. The van der Waals surface area contributed by atoms with Crippen LogP contribution in [0.25, 0.3) is 0 Å². The van der Waals surface area contributed by atoms with Crippen LogP contribution in [0.5, 0.6) is 0 Å². The molecule has 0 bridgehead atoms. The highest BCUT2D eigenvalue weighted by atomic mass is 32.2. The predicted molar refractivity (Wildman–Crippen MR) is 99.1 cm³/mol. The van der Waals surface area contributed by atoms with Gasteiger partial charge in [0.15, 0.2) is 10.9 Å². The van der Waals surface area contributed by atoms with Crippen LogP contribution < -0.4 is 10.9 Å². The molecule has 1 atom stereocenters. The first-order valence-electron chi connectivity index (χ1n) is 8.34. The number of aromatic amines is 1. The number of benzene rings is 1. The van der Waals surface area contributed by atoms with Gasteiger partial charge in [-0.25, -0.2) is 4.98 Å². The second kappa shape index (κ2) is 6.46. The van der Waals surface area contributed by atoms with Crippen LogP contribution in [0.2, 0.25) is 0 Å². The van der Waals surface area contributed by atoms with Gasteiger partial charge in [-0.2, -0.15) is 5.26 Å². The van der Waals surface area contributed by atoms with Crippen LogP contribution in [0.1, 0.15) is 41.9 Å². The summed E-state index contributed by atoms with van der Waals surface area (Å²) in [6.45, 7) is 0. The molecular weight excluding hydrogens is 348 g/mol. The number of nitrogens with one attached hydrogen (secondary N) is 2. The maximum Gasteiger partial charge on any atom is 0.257 e. The number of carbonyl (C=O) groups is 1. The lowest BCUT2D eigenvalue weighted by Crippen LogP contribution is -2.32. The molecule has 0 saturated carbocycles. The number of nitriles is 1. The molecular formula is C19H16N4O2S. The van der Waals surface area contributed by atoms with Crippen LogP contribution >= 0.6 is 11.8 Å². The number of anilines is 1. The number of rotatable bonds is 2. The van der Waals surface area contributed by atoms with E-state index in [-0.39, 0.29) is 11.3 Å². The number of thioether (sulfide) groups is 1. The Hall–Kier alpha value is -2.85. The fourth-order valence-corrected chi connectivity index (χ4v) is 4.00. The van der Waals surface area contributed by atoms with Gasteiger partial charge in [-0.1, -0.05) is 23.9 Å². The summed E-state index contributed by atoms with van der Waals surface area (Å²) in [5.74, 6) is 0.113. The lowest BCUT2D eigenvalue weighted by atomic mass is 9.76. The van der Waals surface area contributed by atoms with Gasteiger partial charge in [0.25, 0.3) is 5.56 Å². The van der Waals surface area contributed by atoms with Gasteiger partial charge in [0.05, 0.1) is 17.2 Å². The third-order valence-corrected chi connectivity index (χ3v) is 5.38. The van der Waals surface area contributed by atoms with Crippen molar-refractivity contribution in [3.8, 4) is 6.07 Å². The van der Waals surface area contributed by atoms with Crippen molar-refractivity contribution in [2.75, 3.05) is 11.6 Å². The number of allylic oxidation sites excluding steroid dienone is 2. The van der Waals surface area contributed by atoms with Crippen molar-refractivity contribution in [3.63, 3.8) is 0 Å². The molecule has 130 valence electrons. The largest absolute Gasteiger partial charge is 0.343 e. The zero-order chi connectivity index (χ0) is 18.3. The van der Waals surface area contributed by atoms with E-state index in [0.717, 1.165) is 24.1 Å². The van der Waals surface area contributed by atoms with Crippen LogP contribution in [-0.4, -0.2) is 22.0 Å². The highest BCUT2D eigenvalue weighted by Gasteiger charge is 2.37. The van der Waals surface area contributed by atoms with Gasteiger partial charge in [0.2, 0.25) is 0 Å². The van der Waals surface area contributed by atoms with E-state index < -0.39 is 5.92 Å². The number of hydrogen-bond acceptors (Lipinski definition) is 6. The molecule has 1 aromatic heterocycles. The molecule has 0 amide bonds. The summed E-state index contributed by atoms with van der Waals surface area (Å²) in [6.07, 6.45) is 3.88.